The molecule has 0 aromatic heterocycles. The molecule has 0 N–H and O–H groups in total. The molecule has 1 heterocycles. The van der Waals surface area contributed by atoms with Crippen LogP contribution >= 0.6 is 27.5 Å². The highest BCUT2D eigenvalue weighted by Gasteiger charge is 2.32. The van der Waals surface area contributed by atoms with Gasteiger partial charge in [0.05, 0.1) is 0 Å². The van der Waals surface area contributed by atoms with Gasteiger partial charge in [-0.15, -0.1) is 0 Å². The Labute approximate surface area is 124 Å². The summed E-state index contributed by atoms with van der Waals surface area (Å²) >= 11 is 9.83. The lowest BCUT2D eigenvalue weighted by molar-refractivity contribution is 0.263. The van der Waals surface area contributed by atoms with Gasteiger partial charge in [0.25, 0.3) is 0 Å². The minimum absolute atomic E-state index is 0.391. The van der Waals surface area contributed by atoms with Crippen molar-refractivity contribution in [3.8, 4) is 0 Å². The van der Waals surface area contributed by atoms with Crippen LogP contribution in [0.25, 0.3) is 0 Å². The molecule has 0 amide bonds. The third-order valence-electron chi connectivity index (χ3n) is 3.98. The van der Waals surface area contributed by atoms with Crippen molar-refractivity contribution in [1.82, 2.24) is 0 Å². The van der Waals surface area contributed by atoms with E-state index in [4.69, 9.17) is 11.6 Å². The molecule has 1 unspecified atom stereocenters. The van der Waals surface area contributed by atoms with Crippen LogP contribution in [0, 0.1) is 11.3 Å². The van der Waals surface area contributed by atoms with Gasteiger partial charge in [0.2, 0.25) is 0 Å². The SMILES string of the molecule is CC(C)(C)C1CCN(c2cccc(Cl)c2CBr)C1. The number of alkyl halides is 1. The van der Waals surface area contributed by atoms with Crippen molar-refractivity contribution in [1.29, 1.82) is 0 Å². The highest BCUT2D eigenvalue weighted by atomic mass is 79.9. The van der Waals surface area contributed by atoms with Crippen LogP contribution in [0.2, 0.25) is 5.02 Å². The van der Waals surface area contributed by atoms with Crippen LogP contribution in [0.5, 0.6) is 0 Å². The number of rotatable bonds is 2. The highest BCUT2D eigenvalue weighted by molar-refractivity contribution is 9.08. The first-order valence-corrected chi connectivity index (χ1v) is 8.01. The van der Waals surface area contributed by atoms with Crippen LogP contribution < -0.4 is 4.90 Å². The zero-order valence-electron chi connectivity index (χ0n) is 11.3. The Morgan fingerprint density at radius 1 is 1.39 bits per heavy atom. The zero-order chi connectivity index (χ0) is 13.3. The fourth-order valence-corrected chi connectivity index (χ4v) is 3.65. The maximum atomic E-state index is 6.28. The molecule has 1 aromatic carbocycles. The summed E-state index contributed by atoms with van der Waals surface area (Å²) in [5, 5.41) is 1.68. The van der Waals surface area contributed by atoms with E-state index in [9.17, 15) is 0 Å². The molecule has 1 atom stereocenters. The Morgan fingerprint density at radius 3 is 2.67 bits per heavy atom. The first-order chi connectivity index (χ1) is 8.43. The van der Waals surface area contributed by atoms with Gasteiger partial charge in [0.15, 0.2) is 0 Å². The van der Waals surface area contributed by atoms with Gasteiger partial charge in [-0.1, -0.05) is 54.4 Å². The molecule has 0 spiro atoms. The molecule has 1 aliphatic heterocycles. The maximum Gasteiger partial charge on any atom is 0.0467 e. The third-order valence-corrected chi connectivity index (χ3v) is 4.90. The second-order valence-corrected chi connectivity index (χ2v) is 7.14. The van der Waals surface area contributed by atoms with E-state index in [0.29, 0.717) is 5.41 Å². The molecule has 3 heteroatoms. The van der Waals surface area contributed by atoms with E-state index in [-0.39, 0.29) is 0 Å². The second-order valence-electron chi connectivity index (χ2n) is 6.17. The monoisotopic (exact) mass is 329 g/mol. The van der Waals surface area contributed by atoms with Crippen molar-refractivity contribution >= 4 is 33.2 Å². The lowest BCUT2D eigenvalue weighted by Crippen LogP contribution is -2.26. The maximum absolute atomic E-state index is 6.28. The van der Waals surface area contributed by atoms with E-state index in [0.717, 1.165) is 29.4 Å². The topological polar surface area (TPSA) is 3.24 Å². The first kappa shape index (κ1) is 14.2. The molecule has 1 aromatic rings. The van der Waals surface area contributed by atoms with Gasteiger partial charge in [0.1, 0.15) is 0 Å². The molecule has 100 valence electrons. The molecule has 0 bridgehead atoms. The van der Waals surface area contributed by atoms with E-state index in [1.54, 1.807) is 0 Å². The van der Waals surface area contributed by atoms with Crippen LogP contribution in [0.3, 0.4) is 0 Å². The standard InChI is InChI=1S/C15H21BrClN/c1-15(2,3)11-7-8-18(10-11)14-6-4-5-13(17)12(14)9-16/h4-6,11H,7-10H2,1-3H3. The fourth-order valence-electron chi connectivity index (χ4n) is 2.66. The summed E-state index contributed by atoms with van der Waals surface area (Å²) in [6.07, 6.45) is 1.28. The molecule has 0 aliphatic carbocycles. The lowest BCUT2D eigenvalue weighted by Gasteiger charge is -2.28. The summed E-state index contributed by atoms with van der Waals surface area (Å²) < 4.78 is 0. The van der Waals surface area contributed by atoms with Crippen molar-refractivity contribution in [3.05, 3.63) is 28.8 Å². The summed E-state index contributed by atoms with van der Waals surface area (Å²) in [6, 6.07) is 6.21. The molecule has 1 aliphatic rings. The van der Waals surface area contributed by atoms with Crippen molar-refractivity contribution in [2.75, 3.05) is 18.0 Å². The highest BCUT2D eigenvalue weighted by Crippen LogP contribution is 2.38. The van der Waals surface area contributed by atoms with Crippen molar-refractivity contribution in [2.45, 2.75) is 32.5 Å². The smallest absolute Gasteiger partial charge is 0.0467 e. The van der Waals surface area contributed by atoms with Gasteiger partial charge < -0.3 is 4.90 Å². The quantitative estimate of drug-likeness (QED) is 0.681. The lowest BCUT2D eigenvalue weighted by atomic mass is 9.80. The van der Waals surface area contributed by atoms with Gasteiger partial charge >= 0.3 is 0 Å². The predicted octanol–water partition coefficient (Wildman–Crippen LogP) is 5.11. The number of hydrogen-bond donors (Lipinski definition) is 0. The number of benzene rings is 1. The molecule has 2 rings (SSSR count). The van der Waals surface area contributed by atoms with Gasteiger partial charge in [-0.05, 0) is 29.9 Å². The van der Waals surface area contributed by atoms with E-state index in [1.165, 1.54) is 17.7 Å². The molecule has 0 radical (unpaired) electrons. The summed E-state index contributed by atoms with van der Waals surface area (Å²) in [5.41, 5.74) is 2.90. The summed E-state index contributed by atoms with van der Waals surface area (Å²) in [4.78, 5) is 2.48. The van der Waals surface area contributed by atoms with Crippen molar-refractivity contribution in [2.24, 2.45) is 11.3 Å². The van der Waals surface area contributed by atoms with E-state index in [1.807, 2.05) is 12.1 Å². The molecular weight excluding hydrogens is 310 g/mol. The molecule has 1 fully saturated rings. The van der Waals surface area contributed by atoms with E-state index >= 15 is 0 Å². The predicted molar refractivity (Wildman–Crippen MR) is 83.9 cm³/mol. The second kappa shape index (κ2) is 5.42. The minimum Gasteiger partial charge on any atom is -0.371 e. The van der Waals surface area contributed by atoms with Crippen LogP contribution in [-0.2, 0) is 5.33 Å². The van der Waals surface area contributed by atoms with Crippen molar-refractivity contribution < 1.29 is 0 Å². The van der Waals surface area contributed by atoms with E-state index in [2.05, 4.69) is 47.7 Å². The Kier molecular flexibility index (Phi) is 4.28. The molecule has 1 nitrogen and oxygen atoms in total. The Balaban J connectivity index is 2.22. The molecular formula is C15H21BrClN. The van der Waals surface area contributed by atoms with Crippen LogP contribution in [-0.4, -0.2) is 13.1 Å². The van der Waals surface area contributed by atoms with Gasteiger partial charge in [0, 0.05) is 34.7 Å². The first-order valence-electron chi connectivity index (χ1n) is 6.52. The zero-order valence-corrected chi connectivity index (χ0v) is 13.7. The van der Waals surface area contributed by atoms with Crippen molar-refractivity contribution in [3.63, 3.8) is 0 Å². The molecule has 1 saturated heterocycles. The van der Waals surface area contributed by atoms with Crippen LogP contribution in [0.4, 0.5) is 5.69 Å². The fraction of sp³-hybridized carbons (Fsp3) is 0.600. The number of halogens is 2. The summed E-state index contributed by atoms with van der Waals surface area (Å²) in [7, 11) is 0. The summed E-state index contributed by atoms with van der Waals surface area (Å²) in [6.45, 7) is 9.30. The number of anilines is 1. The normalized spacial score (nSPS) is 20.5. The van der Waals surface area contributed by atoms with Gasteiger partial charge in [-0.3, -0.25) is 0 Å². The minimum atomic E-state index is 0.391. The van der Waals surface area contributed by atoms with Gasteiger partial charge in [-0.25, -0.2) is 0 Å². The largest absolute Gasteiger partial charge is 0.371 e. The van der Waals surface area contributed by atoms with Crippen LogP contribution in [0.1, 0.15) is 32.8 Å². The average molecular weight is 331 g/mol. The molecule has 0 saturated carbocycles. The summed E-state index contributed by atoms with van der Waals surface area (Å²) in [5.74, 6) is 0.764. The molecule has 18 heavy (non-hydrogen) atoms. The Hall–Kier alpha value is -0.210. The Bertz CT molecular complexity index is 425. The Morgan fingerprint density at radius 2 is 2.11 bits per heavy atom. The van der Waals surface area contributed by atoms with E-state index < -0.39 is 0 Å². The number of nitrogens with zero attached hydrogens (tertiary/aromatic N) is 1. The van der Waals surface area contributed by atoms with Gasteiger partial charge in [-0.2, -0.15) is 0 Å². The average Bonchev–Trinajstić information content (AvgIpc) is 2.77. The van der Waals surface area contributed by atoms with Crippen LogP contribution in [0.15, 0.2) is 18.2 Å². The third kappa shape index (κ3) is 2.85. The number of hydrogen-bond acceptors (Lipinski definition) is 1.